The molecule has 102 valence electrons. The molecule has 0 radical (unpaired) electrons. The maximum absolute atomic E-state index is 11.7. The Morgan fingerprint density at radius 3 is 2.74 bits per heavy atom. The van der Waals surface area contributed by atoms with Crippen LogP contribution in [0.4, 0.5) is 4.79 Å². The molecule has 0 spiro atoms. The van der Waals surface area contributed by atoms with Crippen LogP contribution in [-0.4, -0.2) is 43.0 Å². The second-order valence-electron chi connectivity index (χ2n) is 4.81. The summed E-state index contributed by atoms with van der Waals surface area (Å²) in [5, 5.41) is 5.62. The lowest BCUT2D eigenvalue weighted by atomic mass is 10.1. The minimum absolute atomic E-state index is 0.0748. The van der Waals surface area contributed by atoms with Crippen molar-refractivity contribution in [3.05, 3.63) is 35.9 Å². The molecule has 3 amide bonds. The van der Waals surface area contributed by atoms with E-state index < -0.39 is 0 Å². The first-order valence-corrected chi connectivity index (χ1v) is 6.47. The summed E-state index contributed by atoms with van der Waals surface area (Å²) in [5.41, 5.74) is 1.19. The van der Waals surface area contributed by atoms with Crippen molar-refractivity contribution in [2.45, 2.75) is 18.9 Å². The van der Waals surface area contributed by atoms with Gasteiger partial charge in [-0.1, -0.05) is 30.3 Å². The van der Waals surface area contributed by atoms with Crippen LogP contribution >= 0.6 is 0 Å². The molecular weight excluding hydrogens is 242 g/mol. The number of carbonyl (C=O) groups is 2. The third-order valence-corrected chi connectivity index (χ3v) is 3.22. The predicted molar refractivity (Wildman–Crippen MR) is 72.7 cm³/mol. The standard InChI is InChI=1S/C14H19N3O2/c1-17-10-12(9-13(17)18)16-14(19)15-8-7-11-5-3-2-4-6-11/h2-6,12H,7-10H2,1H3,(H2,15,16,19)/t12-/m0/s1. The van der Waals surface area contributed by atoms with Crippen LogP contribution in [0.5, 0.6) is 0 Å². The number of rotatable bonds is 4. The van der Waals surface area contributed by atoms with E-state index >= 15 is 0 Å². The summed E-state index contributed by atoms with van der Waals surface area (Å²) in [6, 6.07) is 9.72. The van der Waals surface area contributed by atoms with Crippen LogP contribution in [0.15, 0.2) is 30.3 Å². The van der Waals surface area contributed by atoms with Gasteiger partial charge in [0.1, 0.15) is 0 Å². The Kier molecular flexibility index (Phi) is 4.39. The zero-order valence-electron chi connectivity index (χ0n) is 11.1. The van der Waals surface area contributed by atoms with Gasteiger partial charge in [0.05, 0.1) is 6.04 Å². The molecule has 1 aromatic rings. The van der Waals surface area contributed by atoms with Crippen LogP contribution in [0.3, 0.4) is 0 Å². The maximum Gasteiger partial charge on any atom is 0.315 e. The fourth-order valence-corrected chi connectivity index (χ4v) is 2.16. The fraction of sp³-hybridized carbons (Fsp3) is 0.429. The smallest absolute Gasteiger partial charge is 0.315 e. The van der Waals surface area contributed by atoms with Gasteiger partial charge in [0.25, 0.3) is 0 Å². The Hall–Kier alpha value is -2.04. The number of nitrogens with zero attached hydrogens (tertiary/aromatic N) is 1. The van der Waals surface area contributed by atoms with E-state index in [0.717, 1.165) is 6.42 Å². The summed E-state index contributed by atoms with van der Waals surface area (Å²) in [4.78, 5) is 24.6. The number of amides is 3. The van der Waals surface area contributed by atoms with Gasteiger partial charge in [-0.3, -0.25) is 4.79 Å². The van der Waals surface area contributed by atoms with E-state index in [-0.39, 0.29) is 18.0 Å². The van der Waals surface area contributed by atoms with Crippen molar-refractivity contribution in [2.24, 2.45) is 0 Å². The first kappa shape index (κ1) is 13.4. The molecule has 1 aromatic carbocycles. The quantitative estimate of drug-likeness (QED) is 0.840. The van der Waals surface area contributed by atoms with Crippen molar-refractivity contribution in [3.63, 3.8) is 0 Å². The minimum Gasteiger partial charge on any atom is -0.344 e. The first-order chi connectivity index (χ1) is 9.15. The number of likely N-dealkylation sites (N-methyl/N-ethyl adjacent to an activating group) is 1. The number of urea groups is 1. The van der Waals surface area contributed by atoms with Crippen molar-refractivity contribution >= 4 is 11.9 Å². The second kappa shape index (κ2) is 6.22. The van der Waals surface area contributed by atoms with Crippen molar-refractivity contribution in [3.8, 4) is 0 Å². The van der Waals surface area contributed by atoms with Crippen molar-refractivity contribution in [1.82, 2.24) is 15.5 Å². The minimum atomic E-state index is -0.205. The van der Waals surface area contributed by atoms with Crippen LogP contribution in [0.2, 0.25) is 0 Å². The van der Waals surface area contributed by atoms with Gasteiger partial charge < -0.3 is 15.5 Å². The first-order valence-electron chi connectivity index (χ1n) is 6.47. The van der Waals surface area contributed by atoms with E-state index in [1.54, 1.807) is 11.9 Å². The zero-order valence-corrected chi connectivity index (χ0v) is 11.1. The van der Waals surface area contributed by atoms with Gasteiger partial charge in [0.2, 0.25) is 5.91 Å². The van der Waals surface area contributed by atoms with Crippen LogP contribution < -0.4 is 10.6 Å². The highest BCUT2D eigenvalue weighted by atomic mass is 16.2. The lowest BCUT2D eigenvalue weighted by Crippen LogP contribution is -2.43. The van der Waals surface area contributed by atoms with Gasteiger partial charge in [0, 0.05) is 26.6 Å². The van der Waals surface area contributed by atoms with E-state index in [2.05, 4.69) is 10.6 Å². The molecular formula is C14H19N3O2. The van der Waals surface area contributed by atoms with E-state index in [9.17, 15) is 9.59 Å². The zero-order chi connectivity index (χ0) is 13.7. The molecule has 0 bridgehead atoms. The number of carbonyl (C=O) groups excluding carboxylic acids is 2. The van der Waals surface area contributed by atoms with Crippen molar-refractivity contribution < 1.29 is 9.59 Å². The van der Waals surface area contributed by atoms with Gasteiger partial charge >= 0.3 is 6.03 Å². The Morgan fingerprint density at radius 1 is 1.37 bits per heavy atom. The predicted octanol–water partition coefficient (Wildman–Crippen LogP) is 0.759. The molecule has 0 saturated carbocycles. The molecule has 5 heteroatoms. The molecule has 0 unspecified atom stereocenters. The van der Waals surface area contributed by atoms with Crippen molar-refractivity contribution in [2.75, 3.05) is 20.1 Å². The number of benzene rings is 1. The number of hydrogen-bond donors (Lipinski definition) is 2. The molecule has 0 aromatic heterocycles. The van der Waals surface area contributed by atoms with Gasteiger partial charge in [-0.15, -0.1) is 0 Å². The van der Waals surface area contributed by atoms with E-state index in [1.807, 2.05) is 30.3 Å². The largest absolute Gasteiger partial charge is 0.344 e. The molecule has 1 saturated heterocycles. The Labute approximate surface area is 113 Å². The van der Waals surface area contributed by atoms with Crippen LogP contribution in [0.1, 0.15) is 12.0 Å². The van der Waals surface area contributed by atoms with E-state index in [4.69, 9.17) is 0 Å². The summed E-state index contributed by atoms with van der Waals surface area (Å²) in [6.07, 6.45) is 1.19. The molecule has 1 heterocycles. The lowest BCUT2D eigenvalue weighted by Gasteiger charge is -2.13. The summed E-state index contributed by atoms with van der Waals surface area (Å²) < 4.78 is 0. The normalized spacial score (nSPS) is 18.5. The molecule has 1 aliphatic heterocycles. The molecule has 2 rings (SSSR count). The summed E-state index contributed by atoms with van der Waals surface area (Å²) in [5.74, 6) is 0.0783. The second-order valence-corrected chi connectivity index (χ2v) is 4.81. The number of nitrogens with one attached hydrogen (secondary N) is 2. The molecule has 1 fully saturated rings. The molecule has 0 aliphatic carbocycles. The molecule has 5 nitrogen and oxygen atoms in total. The van der Waals surface area contributed by atoms with Gasteiger partial charge in [-0.25, -0.2) is 4.79 Å². The highest BCUT2D eigenvalue weighted by molar-refractivity contribution is 5.81. The summed E-state index contributed by atoms with van der Waals surface area (Å²) in [7, 11) is 1.75. The van der Waals surface area contributed by atoms with Crippen LogP contribution in [0, 0.1) is 0 Å². The average Bonchev–Trinajstić information content (AvgIpc) is 2.69. The van der Waals surface area contributed by atoms with Gasteiger partial charge in [0.15, 0.2) is 0 Å². The highest BCUT2D eigenvalue weighted by Crippen LogP contribution is 2.07. The van der Waals surface area contributed by atoms with E-state index in [1.165, 1.54) is 5.56 Å². The monoisotopic (exact) mass is 261 g/mol. The average molecular weight is 261 g/mol. The molecule has 1 atom stereocenters. The molecule has 2 N–H and O–H groups in total. The topological polar surface area (TPSA) is 61.4 Å². The third kappa shape index (κ3) is 3.98. The Balaban J connectivity index is 1.67. The van der Waals surface area contributed by atoms with Crippen LogP contribution in [-0.2, 0) is 11.2 Å². The summed E-state index contributed by atoms with van der Waals surface area (Å²) in [6.45, 7) is 1.18. The third-order valence-electron chi connectivity index (χ3n) is 3.22. The highest BCUT2D eigenvalue weighted by Gasteiger charge is 2.27. The Morgan fingerprint density at radius 2 is 2.11 bits per heavy atom. The van der Waals surface area contributed by atoms with Crippen LogP contribution in [0.25, 0.3) is 0 Å². The van der Waals surface area contributed by atoms with Gasteiger partial charge in [-0.2, -0.15) is 0 Å². The summed E-state index contributed by atoms with van der Waals surface area (Å²) >= 11 is 0. The number of likely N-dealkylation sites (tertiary alicyclic amines) is 1. The van der Waals surface area contributed by atoms with Crippen molar-refractivity contribution in [1.29, 1.82) is 0 Å². The molecule has 19 heavy (non-hydrogen) atoms. The fourth-order valence-electron chi connectivity index (χ4n) is 2.16. The SMILES string of the molecule is CN1C[C@@H](NC(=O)NCCc2ccccc2)CC1=O. The van der Waals surface area contributed by atoms with Gasteiger partial charge in [-0.05, 0) is 12.0 Å². The van der Waals surface area contributed by atoms with E-state index in [0.29, 0.717) is 19.5 Å². The number of hydrogen-bond acceptors (Lipinski definition) is 2. The Bertz CT molecular complexity index is 447. The maximum atomic E-state index is 11.7. The lowest BCUT2D eigenvalue weighted by molar-refractivity contribution is -0.126. The molecule has 1 aliphatic rings.